The van der Waals surface area contributed by atoms with E-state index in [2.05, 4.69) is 15.1 Å². The summed E-state index contributed by atoms with van der Waals surface area (Å²) in [5.74, 6) is 0.541. The Morgan fingerprint density at radius 2 is 1.73 bits per heavy atom. The highest BCUT2D eigenvalue weighted by molar-refractivity contribution is 6.32. The highest BCUT2D eigenvalue weighted by atomic mass is 35.5. The van der Waals surface area contributed by atoms with Crippen LogP contribution in [0.2, 0.25) is 5.02 Å². The normalized spacial score (nSPS) is 16.1. The number of ketones is 1. The predicted octanol–water partition coefficient (Wildman–Crippen LogP) is 3.57. The summed E-state index contributed by atoms with van der Waals surface area (Å²) in [7, 11) is 0. The van der Waals surface area contributed by atoms with Crippen LogP contribution in [0.15, 0.2) is 48.5 Å². The fourth-order valence-corrected chi connectivity index (χ4v) is 3.71. The van der Waals surface area contributed by atoms with E-state index in [1.807, 2.05) is 37.3 Å². The largest absolute Gasteiger partial charge is 0.491 e. The first-order valence-corrected chi connectivity index (χ1v) is 10.6. The molecule has 1 saturated heterocycles. The predicted molar refractivity (Wildman–Crippen MR) is 119 cm³/mol. The molecule has 0 aromatic heterocycles. The summed E-state index contributed by atoms with van der Waals surface area (Å²) in [5.41, 5.74) is 1.10. The van der Waals surface area contributed by atoms with E-state index in [9.17, 15) is 9.59 Å². The van der Waals surface area contributed by atoms with Crippen molar-refractivity contribution in [2.45, 2.75) is 19.9 Å². The average Bonchev–Trinajstić information content (AvgIpc) is 2.75. The van der Waals surface area contributed by atoms with Crippen LogP contribution in [0.4, 0.5) is 5.69 Å². The number of hydrogen-bond acceptors (Lipinski definition) is 5. The van der Waals surface area contributed by atoms with Crippen molar-refractivity contribution < 1.29 is 14.3 Å². The Labute approximate surface area is 182 Å². The summed E-state index contributed by atoms with van der Waals surface area (Å²) in [5, 5.41) is 3.53. The molecule has 0 spiro atoms. The number of carbonyl (C=O) groups is 2. The van der Waals surface area contributed by atoms with Gasteiger partial charge in [-0.05, 0) is 38.1 Å². The minimum Gasteiger partial charge on any atom is -0.491 e. The maximum Gasteiger partial charge on any atom is 0.241 e. The number of nitrogens with one attached hydrogen (secondary N) is 1. The van der Waals surface area contributed by atoms with Crippen molar-refractivity contribution >= 4 is 29.0 Å². The van der Waals surface area contributed by atoms with Gasteiger partial charge in [-0.15, -0.1) is 0 Å². The van der Waals surface area contributed by atoms with Gasteiger partial charge in [0, 0.05) is 38.3 Å². The van der Waals surface area contributed by atoms with Gasteiger partial charge in [-0.2, -0.15) is 0 Å². The minimum absolute atomic E-state index is 0.0637. The van der Waals surface area contributed by atoms with Gasteiger partial charge in [0.2, 0.25) is 5.91 Å². The third-order valence-corrected chi connectivity index (χ3v) is 5.71. The zero-order chi connectivity index (χ0) is 21.5. The second-order valence-electron chi connectivity index (χ2n) is 7.42. The van der Waals surface area contributed by atoms with Crippen molar-refractivity contribution in [2.24, 2.45) is 0 Å². The van der Waals surface area contributed by atoms with E-state index in [4.69, 9.17) is 16.3 Å². The Kier molecular flexibility index (Phi) is 7.85. The quantitative estimate of drug-likeness (QED) is 0.650. The second kappa shape index (κ2) is 10.6. The second-order valence-corrected chi connectivity index (χ2v) is 7.83. The lowest BCUT2D eigenvalue weighted by atomic mass is 10.1. The van der Waals surface area contributed by atoms with E-state index in [0.717, 1.165) is 32.7 Å². The van der Waals surface area contributed by atoms with Gasteiger partial charge < -0.3 is 10.1 Å². The van der Waals surface area contributed by atoms with Crippen LogP contribution in [-0.4, -0.2) is 66.9 Å². The molecular weight excluding hydrogens is 402 g/mol. The maximum absolute atomic E-state index is 12.7. The fourth-order valence-electron chi connectivity index (χ4n) is 3.52. The fraction of sp³-hybridized carbons (Fsp3) is 0.391. The van der Waals surface area contributed by atoms with E-state index in [-0.39, 0.29) is 17.7 Å². The van der Waals surface area contributed by atoms with Gasteiger partial charge in [-0.25, -0.2) is 0 Å². The van der Waals surface area contributed by atoms with Gasteiger partial charge in [0.25, 0.3) is 0 Å². The molecule has 1 N–H and O–H groups in total. The number of nitrogens with zero attached hydrogens (tertiary/aromatic N) is 2. The zero-order valence-corrected chi connectivity index (χ0v) is 18.2. The molecule has 7 heteroatoms. The van der Waals surface area contributed by atoms with Crippen molar-refractivity contribution in [3.63, 3.8) is 0 Å². The number of ether oxygens (including phenoxy) is 1. The van der Waals surface area contributed by atoms with Crippen LogP contribution in [-0.2, 0) is 4.79 Å². The Morgan fingerprint density at radius 3 is 2.43 bits per heavy atom. The standard InChI is InChI=1S/C23H28ClN3O3/c1-17(23(29)25-21-9-5-3-7-19(21)18(2)28)27-13-11-26(12-14-27)15-16-30-22-10-6-4-8-20(22)24/h3-10,17H,11-16H2,1-2H3,(H,25,29). The molecule has 1 amide bonds. The van der Waals surface area contributed by atoms with E-state index in [1.165, 1.54) is 6.92 Å². The SMILES string of the molecule is CC(=O)c1ccccc1NC(=O)C(C)N1CCN(CCOc2ccccc2Cl)CC1. The van der Waals surface area contributed by atoms with Gasteiger partial charge in [0.15, 0.2) is 5.78 Å². The third-order valence-electron chi connectivity index (χ3n) is 5.40. The Morgan fingerprint density at radius 1 is 1.07 bits per heavy atom. The molecular formula is C23H28ClN3O3. The number of halogens is 1. The molecule has 1 heterocycles. The van der Waals surface area contributed by atoms with E-state index >= 15 is 0 Å². The Bertz CT molecular complexity index is 882. The van der Waals surface area contributed by atoms with Crippen LogP contribution in [0.5, 0.6) is 5.75 Å². The molecule has 1 atom stereocenters. The van der Waals surface area contributed by atoms with E-state index in [1.54, 1.807) is 18.2 Å². The van der Waals surface area contributed by atoms with Crippen LogP contribution >= 0.6 is 11.6 Å². The molecule has 160 valence electrons. The van der Waals surface area contributed by atoms with Crippen LogP contribution < -0.4 is 10.1 Å². The van der Waals surface area contributed by atoms with Crippen molar-refractivity contribution in [2.75, 3.05) is 44.6 Å². The number of amides is 1. The number of hydrogen-bond donors (Lipinski definition) is 1. The molecule has 1 aliphatic heterocycles. The zero-order valence-electron chi connectivity index (χ0n) is 17.4. The summed E-state index contributed by atoms with van der Waals surface area (Å²) in [6.07, 6.45) is 0. The monoisotopic (exact) mass is 429 g/mol. The van der Waals surface area contributed by atoms with E-state index in [0.29, 0.717) is 28.6 Å². The number of carbonyl (C=O) groups excluding carboxylic acids is 2. The smallest absolute Gasteiger partial charge is 0.241 e. The Balaban J connectivity index is 1.44. The number of anilines is 1. The van der Waals surface area contributed by atoms with Gasteiger partial charge in [0.05, 0.1) is 16.8 Å². The molecule has 3 rings (SSSR count). The molecule has 0 aliphatic carbocycles. The molecule has 0 saturated carbocycles. The van der Waals surface area contributed by atoms with Crippen molar-refractivity contribution in [3.05, 3.63) is 59.1 Å². The summed E-state index contributed by atoms with van der Waals surface area (Å²) < 4.78 is 5.77. The van der Waals surface area contributed by atoms with Crippen molar-refractivity contribution in [3.8, 4) is 5.75 Å². The molecule has 2 aromatic rings. The Hall–Kier alpha value is -2.41. The third kappa shape index (κ3) is 5.81. The number of benzene rings is 2. The molecule has 30 heavy (non-hydrogen) atoms. The molecule has 0 radical (unpaired) electrons. The number of para-hydroxylation sites is 2. The van der Waals surface area contributed by atoms with E-state index < -0.39 is 0 Å². The van der Waals surface area contributed by atoms with Gasteiger partial charge >= 0.3 is 0 Å². The molecule has 1 unspecified atom stereocenters. The van der Waals surface area contributed by atoms with Crippen LogP contribution in [0.25, 0.3) is 0 Å². The lowest BCUT2D eigenvalue weighted by Crippen LogP contribution is -2.53. The van der Waals surface area contributed by atoms with Crippen LogP contribution in [0.1, 0.15) is 24.2 Å². The molecule has 0 bridgehead atoms. The van der Waals surface area contributed by atoms with Gasteiger partial charge in [-0.3, -0.25) is 19.4 Å². The first kappa shape index (κ1) is 22.3. The van der Waals surface area contributed by atoms with Gasteiger partial charge in [0.1, 0.15) is 12.4 Å². The van der Waals surface area contributed by atoms with Crippen molar-refractivity contribution in [1.29, 1.82) is 0 Å². The average molecular weight is 430 g/mol. The van der Waals surface area contributed by atoms with Crippen LogP contribution in [0.3, 0.4) is 0 Å². The van der Waals surface area contributed by atoms with Crippen molar-refractivity contribution in [1.82, 2.24) is 9.80 Å². The summed E-state index contributed by atoms with van der Waals surface area (Å²) >= 11 is 6.11. The number of Topliss-reactive ketones (excluding diaryl/α,β-unsaturated/α-hetero) is 1. The molecule has 6 nitrogen and oxygen atoms in total. The first-order chi connectivity index (χ1) is 14.5. The maximum atomic E-state index is 12.7. The van der Waals surface area contributed by atoms with Crippen LogP contribution in [0, 0.1) is 0 Å². The molecule has 1 fully saturated rings. The highest BCUT2D eigenvalue weighted by Gasteiger charge is 2.26. The highest BCUT2D eigenvalue weighted by Crippen LogP contribution is 2.23. The summed E-state index contributed by atoms with van der Waals surface area (Å²) in [6.45, 7) is 8.13. The summed E-state index contributed by atoms with van der Waals surface area (Å²) in [4.78, 5) is 29.0. The lowest BCUT2D eigenvalue weighted by Gasteiger charge is -2.37. The topological polar surface area (TPSA) is 61.9 Å². The molecule has 1 aliphatic rings. The lowest BCUT2D eigenvalue weighted by molar-refractivity contribution is -0.121. The first-order valence-electron chi connectivity index (χ1n) is 10.2. The molecule has 2 aromatic carbocycles. The number of piperazine rings is 1. The van der Waals surface area contributed by atoms with Gasteiger partial charge in [-0.1, -0.05) is 35.9 Å². The summed E-state index contributed by atoms with van der Waals surface area (Å²) in [6, 6.07) is 14.3. The minimum atomic E-state index is -0.272. The number of rotatable bonds is 8.